The molecule has 1 aromatic carbocycles. The van der Waals surface area contributed by atoms with Crippen LogP contribution in [0.5, 0.6) is 5.88 Å². The number of benzene rings is 1. The van der Waals surface area contributed by atoms with E-state index < -0.39 is 0 Å². The quantitative estimate of drug-likeness (QED) is 0.507. The molecule has 0 saturated carbocycles. The minimum absolute atomic E-state index is 0.223. The van der Waals surface area contributed by atoms with Crippen LogP contribution in [-0.4, -0.2) is 34.6 Å². The zero-order valence-corrected chi connectivity index (χ0v) is 16.0. The summed E-state index contributed by atoms with van der Waals surface area (Å²) in [6.45, 7) is 2.17. The highest BCUT2D eigenvalue weighted by atomic mass is 35.5. The molecule has 0 bridgehead atoms. The van der Waals surface area contributed by atoms with Crippen molar-refractivity contribution in [1.82, 2.24) is 34.6 Å². The lowest BCUT2D eigenvalue weighted by molar-refractivity contribution is 0.290. The van der Waals surface area contributed by atoms with E-state index in [9.17, 15) is 4.79 Å². The lowest BCUT2D eigenvalue weighted by Crippen LogP contribution is -2.23. The maximum absolute atomic E-state index is 12.2. The van der Waals surface area contributed by atoms with Crippen molar-refractivity contribution in [1.29, 1.82) is 0 Å². The highest BCUT2D eigenvalue weighted by molar-refractivity contribution is 7.12. The summed E-state index contributed by atoms with van der Waals surface area (Å²) in [7, 11) is 1.55. The van der Waals surface area contributed by atoms with E-state index in [0.29, 0.717) is 21.9 Å². The molecule has 0 unspecified atom stereocenters. The third-order valence-corrected chi connectivity index (χ3v) is 5.08. The summed E-state index contributed by atoms with van der Waals surface area (Å²) < 4.78 is 9.85. The number of rotatable bonds is 5. The second-order valence-electron chi connectivity index (χ2n) is 5.71. The molecule has 0 N–H and O–H groups in total. The first-order valence-electron chi connectivity index (χ1n) is 7.90. The van der Waals surface area contributed by atoms with E-state index in [0.717, 1.165) is 11.1 Å². The number of aromatic nitrogens is 7. The van der Waals surface area contributed by atoms with Gasteiger partial charge in [0.2, 0.25) is 11.0 Å². The summed E-state index contributed by atoms with van der Waals surface area (Å²) >= 11 is 7.23. The predicted octanol–water partition coefficient (Wildman–Crippen LogP) is 2.15. The molecule has 0 atom stereocenters. The molecule has 0 spiro atoms. The molecule has 0 fully saturated rings. The van der Waals surface area contributed by atoms with Crippen molar-refractivity contribution in [2.75, 3.05) is 0 Å². The van der Waals surface area contributed by atoms with Crippen LogP contribution in [0.15, 0.2) is 40.6 Å². The highest BCUT2D eigenvalue weighted by Crippen LogP contribution is 2.21. The van der Waals surface area contributed by atoms with Crippen molar-refractivity contribution >= 4 is 22.9 Å². The predicted molar refractivity (Wildman–Crippen MR) is 99.9 cm³/mol. The van der Waals surface area contributed by atoms with E-state index in [-0.39, 0.29) is 12.3 Å². The molecule has 0 saturated heterocycles. The van der Waals surface area contributed by atoms with Gasteiger partial charge in [-0.3, -0.25) is 0 Å². The van der Waals surface area contributed by atoms with E-state index in [1.54, 1.807) is 35.4 Å². The Labute approximate surface area is 162 Å². The van der Waals surface area contributed by atoms with Gasteiger partial charge < -0.3 is 4.74 Å². The fraction of sp³-hybridized carbons (Fsp3) is 0.188. The molecular formula is C16H14ClN7O2S. The second kappa shape index (κ2) is 6.97. The lowest BCUT2D eigenvalue weighted by atomic mass is 10.1. The molecule has 9 nitrogen and oxygen atoms in total. The zero-order chi connectivity index (χ0) is 19.0. The van der Waals surface area contributed by atoms with Gasteiger partial charge >= 0.3 is 5.69 Å². The van der Waals surface area contributed by atoms with E-state index in [2.05, 4.69) is 20.5 Å². The maximum Gasteiger partial charge on any atom is 0.368 e. The van der Waals surface area contributed by atoms with Crippen LogP contribution in [0.2, 0.25) is 5.15 Å². The summed E-state index contributed by atoms with van der Waals surface area (Å²) in [5.74, 6) is 0.432. The Hall–Kier alpha value is -2.98. The maximum atomic E-state index is 12.2. The van der Waals surface area contributed by atoms with Crippen LogP contribution in [0.4, 0.5) is 0 Å². The Morgan fingerprint density at radius 1 is 1.26 bits per heavy atom. The van der Waals surface area contributed by atoms with Crippen molar-refractivity contribution in [2.24, 2.45) is 7.05 Å². The van der Waals surface area contributed by atoms with Crippen molar-refractivity contribution < 1.29 is 4.74 Å². The van der Waals surface area contributed by atoms with Crippen molar-refractivity contribution in [3.63, 3.8) is 0 Å². The van der Waals surface area contributed by atoms with Crippen LogP contribution in [0.1, 0.15) is 11.1 Å². The molecule has 3 heterocycles. The molecule has 11 heteroatoms. The van der Waals surface area contributed by atoms with E-state index in [4.69, 9.17) is 16.3 Å². The fourth-order valence-electron chi connectivity index (χ4n) is 2.53. The SMILES string of the molecule is Cc1cccc(-n2nnn(C)c2=O)c1COc1ccn(-c2nc(Cl)cs2)n1. The minimum Gasteiger partial charge on any atom is -0.472 e. The summed E-state index contributed by atoms with van der Waals surface area (Å²) in [5, 5.41) is 14.8. The molecule has 3 aromatic heterocycles. The van der Waals surface area contributed by atoms with Gasteiger partial charge in [0.05, 0.1) is 5.69 Å². The van der Waals surface area contributed by atoms with Gasteiger partial charge in [-0.05, 0) is 29.0 Å². The third-order valence-electron chi connectivity index (χ3n) is 3.92. The first-order chi connectivity index (χ1) is 13.0. The molecule has 0 aliphatic rings. The van der Waals surface area contributed by atoms with Crippen LogP contribution < -0.4 is 10.4 Å². The first kappa shape index (κ1) is 17.4. The number of aryl methyl sites for hydroxylation is 2. The van der Waals surface area contributed by atoms with Gasteiger partial charge in [0.1, 0.15) is 11.8 Å². The molecule has 27 heavy (non-hydrogen) atoms. The number of hydrogen-bond donors (Lipinski definition) is 0. The third kappa shape index (κ3) is 3.36. The van der Waals surface area contributed by atoms with E-state index >= 15 is 0 Å². The van der Waals surface area contributed by atoms with Gasteiger partial charge in [0.15, 0.2) is 0 Å². The first-order valence-corrected chi connectivity index (χ1v) is 9.16. The Kier molecular flexibility index (Phi) is 4.50. The summed E-state index contributed by atoms with van der Waals surface area (Å²) in [5.41, 5.74) is 2.09. The summed E-state index contributed by atoms with van der Waals surface area (Å²) in [6.07, 6.45) is 1.75. The molecule has 0 aliphatic carbocycles. The number of halogens is 1. The van der Waals surface area contributed by atoms with E-state index in [1.165, 1.54) is 20.7 Å². The molecule has 0 amide bonds. The summed E-state index contributed by atoms with van der Waals surface area (Å²) in [4.78, 5) is 16.4. The van der Waals surface area contributed by atoms with Crippen LogP contribution in [0, 0.1) is 6.92 Å². The van der Waals surface area contributed by atoms with Gasteiger partial charge in [0, 0.05) is 30.3 Å². The number of ether oxygens (including phenoxy) is 1. The Balaban J connectivity index is 1.60. The molecule has 4 aromatic rings. The second-order valence-corrected chi connectivity index (χ2v) is 6.93. The number of tetrazole rings is 1. The molecule has 138 valence electrons. The monoisotopic (exact) mass is 403 g/mol. The van der Waals surface area contributed by atoms with Crippen LogP contribution in [0.3, 0.4) is 0 Å². The van der Waals surface area contributed by atoms with Gasteiger partial charge in [-0.15, -0.1) is 16.4 Å². The van der Waals surface area contributed by atoms with Crippen molar-refractivity contribution in [3.05, 3.63) is 62.6 Å². The highest BCUT2D eigenvalue weighted by Gasteiger charge is 2.14. The van der Waals surface area contributed by atoms with Crippen LogP contribution in [0.25, 0.3) is 10.8 Å². The number of hydrogen-bond acceptors (Lipinski definition) is 7. The van der Waals surface area contributed by atoms with Gasteiger partial charge in [-0.25, -0.2) is 14.5 Å². The topological polar surface area (TPSA) is 92.7 Å². The van der Waals surface area contributed by atoms with Crippen molar-refractivity contribution in [3.8, 4) is 16.7 Å². The molecular weight excluding hydrogens is 390 g/mol. The zero-order valence-electron chi connectivity index (χ0n) is 14.4. The Morgan fingerprint density at radius 3 is 2.81 bits per heavy atom. The fourth-order valence-corrected chi connectivity index (χ4v) is 3.41. The number of nitrogens with zero attached hydrogens (tertiary/aromatic N) is 7. The largest absolute Gasteiger partial charge is 0.472 e. The van der Waals surface area contributed by atoms with Crippen LogP contribution >= 0.6 is 22.9 Å². The van der Waals surface area contributed by atoms with Gasteiger partial charge in [-0.1, -0.05) is 23.7 Å². The van der Waals surface area contributed by atoms with Crippen molar-refractivity contribution in [2.45, 2.75) is 13.5 Å². The summed E-state index contributed by atoms with van der Waals surface area (Å²) in [6, 6.07) is 7.34. The Bertz CT molecular complexity index is 1160. The van der Waals surface area contributed by atoms with Crippen LogP contribution in [-0.2, 0) is 13.7 Å². The Morgan fingerprint density at radius 2 is 2.11 bits per heavy atom. The molecule has 0 radical (unpaired) electrons. The van der Waals surface area contributed by atoms with Gasteiger partial charge in [-0.2, -0.15) is 9.36 Å². The smallest absolute Gasteiger partial charge is 0.368 e. The molecule has 4 rings (SSSR count). The average molecular weight is 404 g/mol. The normalized spacial score (nSPS) is 11.1. The van der Waals surface area contributed by atoms with Gasteiger partial charge in [0.25, 0.3) is 0 Å². The standard InChI is InChI=1S/C16H14ClN7O2S/c1-10-4-3-5-12(24-16(25)22(2)20-21-24)11(10)8-26-14-6-7-23(19-14)15-18-13(17)9-27-15/h3-7,9H,8H2,1-2H3. The average Bonchev–Trinajstić information content (AvgIpc) is 3.36. The minimum atomic E-state index is -0.327. The van der Waals surface area contributed by atoms with E-state index in [1.807, 2.05) is 19.1 Å². The molecule has 0 aliphatic heterocycles. The lowest BCUT2D eigenvalue weighted by Gasteiger charge is -2.11. The number of thiazole rings is 1.